The zero-order chi connectivity index (χ0) is 15.3. The lowest BCUT2D eigenvalue weighted by atomic mass is 9.96. The van der Waals surface area contributed by atoms with E-state index < -0.39 is 12.0 Å². The fourth-order valence-corrected chi connectivity index (χ4v) is 1.95. The lowest BCUT2D eigenvalue weighted by molar-refractivity contribution is -0.143. The summed E-state index contributed by atoms with van der Waals surface area (Å²) in [5, 5.41) is 11.5. The van der Waals surface area contributed by atoms with Gasteiger partial charge in [-0.1, -0.05) is 32.9 Å². The van der Waals surface area contributed by atoms with Crippen molar-refractivity contribution in [2.45, 2.75) is 39.2 Å². The molecule has 2 atom stereocenters. The molecule has 1 rings (SSSR count). The zero-order valence-electron chi connectivity index (χ0n) is 11.9. The van der Waals surface area contributed by atoms with E-state index in [0.717, 1.165) is 5.56 Å². The van der Waals surface area contributed by atoms with E-state index in [4.69, 9.17) is 5.11 Å². The molecule has 1 amide bonds. The first-order valence-electron chi connectivity index (χ1n) is 6.59. The summed E-state index contributed by atoms with van der Waals surface area (Å²) in [7, 11) is 0. The van der Waals surface area contributed by atoms with Crippen LogP contribution in [-0.4, -0.2) is 23.0 Å². The number of rotatable bonds is 6. The Kier molecular flexibility index (Phi) is 5.67. The van der Waals surface area contributed by atoms with Crippen molar-refractivity contribution < 1.29 is 19.1 Å². The Balaban J connectivity index is 2.64. The van der Waals surface area contributed by atoms with E-state index in [1.807, 2.05) is 0 Å². The van der Waals surface area contributed by atoms with E-state index in [1.54, 1.807) is 32.9 Å². The molecular weight excluding hydrogens is 261 g/mol. The molecule has 1 aromatic carbocycles. The molecule has 0 aromatic heterocycles. The highest BCUT2D eigenvalue weighted by molar-refractivity contribution is 5.84. The highest BCUT2D eigenvalue weighted by Crippen LogP contribution is 2.19. The van der Waals surface area contributed by atoms with Crippen LogP contribution < -0.4 is 5.32 Å². The van der Waals surface area contributed by atoms with E-state index in [9.17, 15) is 14.0 Å². The molecule has 0 spiro atoms. The van der Waals surface area contributed by atoms with Crippen LogP contribution >= 0.6 is 0 Å². The summed E-state index contributed by atoms with van der Waals surface area (Å²) in [6.07, 6.45) is 0.125. The van der Waals surface area contributed by atoms with Gasteiger partial charge in [-0.15, -0.1) is 0 Å². The monoisotopic (exact) mass is 281 g/mol. The van der Waals surface area contributed by atoms with Crippen molar-refractivity contribution in [2.75, 3.05) is 0 Å². The van der Waals surface area contributed by atoms with Crippen LogP contribution in [0.4, 0.5) is 4.39 Å². The van der Waals surface area contributed by atoms with E-state index in [-0.39, 0.29) is 30.0 Å². The number of nitrogens with one attached hydrogen (secondary N) is 1. The van der Waals surface area contributed by atoms with Gasteiger partial charge in [0.05, 0.1) is 0 Å². The van der Waals surface area contributed by atoms with Crippen molar-refractivity contribution in [3.8, 4) is 0 Å². The van der Waals surface area contributed by atoms with Crippen LogP contribution in [0, 0.1) is 11.7 Å². The van der Waals surface area contributed by atoms with Crippen molar-refractivity contribution >= 4 is 11.9 Å². The summed E-state index contributed by atoms with van der Waals surface area (Å²) in [6, 6.07) is 5.16. The summed E-state index contributed by atoms with van der Waals surface area (Å²) in [5.41, 5.74) is 0.719. The molecule has 0 aliphatic rings. The molecule has 0 saturated carbocycles. The third kappa shape index (κ3) is 4.64. The zero-order valence-corrected chi connectivity index (χ0v) is 11.9. The minimum Gasteiger partial charge on any atom is -0.480 e. The third-order valence-electron chi connectivity index (χ3n) is 3.16. The van der Waals surface area contributed by atoms with Gasteiger partial charge in [0.2, 0.25) is 5.91 Å². The first-order chi connectivity index (χ1) is 9.31. The quantitative estimate of drug-likeness (QED) is 0.842. The van der Waals surface area contributed by atoms with E-state index >= 15 is 0 Å². The van der Waals surface area contributed by atoms with Gasteiger partial charge in [0.25, 0.3) is 0 Å². The number of hydrogen-bond donors (Lipinski definition) is 2. The molecule has 0 radical (unpaired) electrons. The molecule has 0 saturated heterocycles. The van der Waals surface area contributed by atoms with Gasteiger partial charge in [-0.2, -0.15) is 0 Å². The Morgan fingerprint density at radius 2 is 1.95 bits per heavy atom. The first kappa shape index (κ1) is 16.1. The lowest BCUT2D eigenvalue weighted by Gasteiger charge is -2.19. The third-order valence-corrected chi connectivity index (χ3v) is 3.16. The molecule has 0 aliphatic heterocycles. The van der Waals surface area contributed by atoms with Crippen LogP contribution in [0.5, 0.6) is 0 Å². The highest BCUT2D eigenvalue weighted by Gasteiger charge is 2.24. The first-order valence-corrected chi connectivity index (χ1v) is 6.59. The smallest absolute Gasteiger partial charge is 0.326 e. The van der Waals surface area contributed by atoms with E-state index in [1.165, 1.54) is 12.1 Å². The molecule has 0 fully saturated rings. The number of amides is 1. The van der Waals surface area contributed by atoms with Gasteiger partial charge in [0, 0.05) is 6.42 Å². The van der Waals surface area contributed by atoms with E-state index in [0.29, 0.717) is 0 Å². The predicted octanol–water partition coefficient (Wildman–Crippen LogP) is 2.54. The van der Waals surface area contributed by atoms with Gasteiger partial charge >= 0.3 is 5.97 Å². The average molecular weight is 281 g/mol. The molecule has 2 N–H and O–H groups in total. The van der Waals surface area contributed by atoms with Gasteiger partial charge in [-0.3, -0.25) is 4.79 Å². The second-order valence-electron chi connectivity index (χ2n) is 5.29. The van der Waals surface area contributed by atoms with Crippen LogP contribution in [0.15, 0.2) is 24.3 Å². The summed E-state index contributed by atoms with van der Waals surface area (Å²) in [6.45, 7) is 5.27. The molecule has 0 heterocycles. The Morgan fingerprint density at radius 3 is 2.45 bits per heavy atom. The van der Waals surface area contributed by atoms with Crippen LogP contribution in [0.25, 0.3) is 0 Å². The van der Waals surface area contributed by atoms with Crippen molar-refractivity contribution in [3.05, 3.63) is 35.6 Å². The topological polar surface area (TPSA) is 66.4 Å². The van der Waals surface area contributed by atoms with Gasteiger partial charge in [0.15, 0.2) is 0 Å². The van der Waals surface area contributed by atoms with Crippen LogP contribution in [-0.2, 0) is 9.59 Å². The number of benzene rings is 1. The second kappa shape index (κ2) is 7.03. The van der Waals surface area contributed by atoms with Crippen LogP contribution in [0.3, 0.4) is 0 Å². The van der Waals surface area contributed by atoms with Crippen molar-refractivity contribution in [1.29, 1.82) is 0 Å². The largest absolute Gasteiger partial charge is 0.480 e. The molecule has 1 unspecified atom stereocenters. The maximum absolute atomic E-state index is 13.1. The fourth-order valence-electron chi connectivity index (χ4n) is 1.95. The minimum atomic E-state index is -1.05. The fraction of sp³-hybridized carbons (Fsp3) is 0.467. The number of aliphatic carboxylic acids is 1. The highest BCUT2D eigenvalue weighted by atomic mass is 19.1. The number of carbonyl (C=O) groups is 2. The number of carboxylic acids is 1. The van der Waals surface area contributed by atoms with Gasteiger partial charge in [0.1, 0.15) is 11.9 Å². The molecule has 1 aromatic rings. The molecular formula is C15H20FNO3. The van der Waals surface area contributed by atoms with Gasteiger partial charge < -0.3 is 10.4 Å². The van der Waals surface area contributed by atoms with Crippen LogP contribution in [0.2, 0.25) is 0 Å². The van der Waals surface area contributed by atoms with Gasteiger partial charge in [-0.05, 0) is 29.5 Å². The van der Waals surface area contributed by atoms with E-state index in [2.05, 4.69) is 5.32 Å². The Morgan fingerprint density at radius 1 is 1.30 bits per heavy atom. The number of hydrogen-bond acceptors (Lipinski definition) is 2. The normalized spacial score (nSPS) is 13.8. The maximum atomic E-state index is 13.1. The number of halogens is 1. The maximum Gasteiger partial charge on any atom is 0.326 e. The molecule has 20 heavy (non-hydrogen) atoms. The Bertz CT molecular complexity index is 488. The lowest BCUT2D eigenvalue weighted by Crippen LogP contribution is -2.44. The Hall–Kier alpha value is -1.91. The predicted molar refractivity (Wildman–Crippen MR) is 73.8 cm³/mol. The minimum absolute atomic E-state index is 0.125. The SMILES string of the molecule is CC(CC(=O)N[C@@H](C(=O)O)C(C)C)c1cccc(F)c1. The number of carbonyl (C=O) groups excluding carboxylic acids is 1. The summed E-state index contributed by atoms with van der Waals surface area (Å²) >= 11 is 0. The number of carboxylic acid groups (broad SMARTS) is 1. The van der Waals surface area contributed by atoms with Crippen LogP contribution in [0.1, 0.15) is 38.7 Å². The average Bonchev–Trinajstić information content (AvgIpc) is 2.35. The second-order valence-corrected chi connectivity index (χ2v) is 5.29. The standard InChI is InChI=1S/C15H20FNO3/c1-9(2)14(15(19)20)17-13(18)7-10(3)11-5-4-6-12(16)8-11/h4-6,8-10,14H,7H2,1-3H3,(H,17,18)(H,19,20)/t10?,14-/m1/s1. The van der Waals surface area contributed by atoms with Crippen molar-refractivity contribution in [1.82, 2.24) is 5.32 Å². The van der Waals surface area contributed by atoms with Gasteiger partial charge in [-0.25, -0.2) is 9.18 Å². The molecule has 5 heteroatoms. The molecule has 0 aliphatic carbocycles. The Labute approximate surface area is 118 Å². The molecule has 0 bridgehead atoms. The summed E-state index contributed by atoms with van der Waals surface area (Å²) < 4.78 is 13.1. The molecule has 4 nitrogen and oxygen atoms in total. The molecule has 110 valence electrons. The summed E-state index contributed by atoms with van der Waals surface area (Å²) in [5.74, 6) is -2.11. The van der Waals surface area contributed by atoms with Crippen molar-refractivity contribution in [2.24, 2.45) is 5.92 Å². The summed E-state index contributed by atoms with van der Waals surface area (Å²) in [4.78, 5) is 22.9. The van der Waals surface area contributed by atoms with Crippen molar-refractivity contribution in [3.63, 3.8) is 0 Å².